The highest BCUT2D eigenvalue weighted by Crippen LogP contribution is 2.34. The van der Waals surface area contributed by atoms with Gasteiger partial charge in [0, 0.05) is 4.90 Å². The van der Waals surface area contributed by atoms with Gasteiger partial charge in [-0.15, -0.1) is 0 Å². The number of hydrogen-bond acceptors (Lipinski definition) is 1. The van der Waals surface area contributed by atoms with Gasteiger partial charge in [-0.25, -0.2) is 0 Å². The molecular weight excluding hydrogens is 204 g/mol. The topological polar surface area (TPSA) is 0 Å². The molecule has 0 atom stereocenters. The molecule has 2 heteroatoms. The molecule has 0 saturated heterocycles. The van der Waals surface area contributed by atoms with Crippen molar-refractivity contribution < 1.29 is 0 Å². The summed E-state index contributed by atoms with van der Waals surface area (Å²) in [6, 6.07) is 4.57. The standard InChI is InChI=1S/C12H20SSi/c1-9-7-10(2)12(11(3)8-9)13-14(4,5)6/h7-8H,1-6H3. The molecule has 0 nitrogen and oxygen atoms in total. The van der Waals surface area contributed by atoms with E-state index in [0.29, 0.717) is 0 Å². The first-order chi connectivity index (χ1) is 6.29. The van der Waals surface area contributed by atoms with Gasteiger partial charge < -0.3 is 0 Å². The fraction of sp³-hybridized carbons (Fsp3) is 0.500. The van der Waals surface area contributed by atoms with Gasteiger partial charge in [0.15, 0.2) is 0 Å². The predicted octanol–water partition coefficient (Wildman–Crippen LogP) is 4.54. The third kappa shape index (κ3) is 3.17. The Labute approximate surface area is 92.8 Å². The minimum atomic E-state index is -1.06. The molecule has 0 unspecified atom stereocenters. The summed E-state index contributed by atoms with van der Waals surface area (Å²) in [5.41, 5.74) is 4.25. The number of hydrogen-bond donors (Lipinski definition) is 0. The lowest BCUT2D eigenvalue weighted by Gasteiger charge is -2.19. The van der Waals surface area contributed by atoms with Gasteiger partial charge in [0.2, 0.25) is 0 Å². The number of benzene rings is 1. The lowest BCUT2D eigenvalue weighted by Crippen LogP contribution is -2.14. The van der Waals surface area contributed by atoms with Crippen LogP contribution in [-0.2, 0) is 0 Å². The Kier molecular flexibility index (Phi) is 3.48. The second-order valence-electron chi connectivity index (χ2n) is 4.94. The summed E-state index contributed by atoms with van der Waals surface area (Å²) in [7, 11) is -1.06. The Morgan fingerprint density at radius 1 is 0.929 bits per heavy atom. The highest BCUT2D eigenvalue weighted by Gasteiger charge is 2.17. The fourth-order valence-electron chi connectivity index (χ4n) is 1.63. The Hall–Kier alpha value is -0.213. The normalized spacial score (nSPS) is 11.9. The summed E-state index contributed by atoms with van der Waals surface area (Å²) in [6.45, 7) is 13.8. The average molecular weight is 224 g/mol. The van der Waals surface area contributed by atoms with E-state index in [-0.39, 0.29) is 0 Å². The highest BCUT2D eigenvalue weighted by atomic mass is 32.4. The van der Waals surface area contributed by atoms with Gasteiger partial charge in [-0.1, -0.05) is 37.3 Å². The second kappa shape index (κ2) is 4.11. The summed E-state index contributed by atoms with van der Waals surface area (Å²) in [6.07, 6.45) is 0. The van der Waals surface area contributed by atoms with Crippen molar-refractivity contribution in [2.45, 2.75) is 45.3 Å². The maximum absolute atomic E-state index is 2.40. The molecule has 0 aliphatic carbocycles. The molecule has 1 rings (SSSR count). The van der Waals surface area contributed by atoms with Gasteiger partial charge in [0.05, 0.1) is 0 Å². The molecule has 0 spiro atoms. The molecule has 0 amide bonds. The van der Waals surface area contributed by atoms with Gasteiger partial charge in [0.1, 0.15) is 7.22 Å². The summed E-state index contributed by atoms with van der Waals surface area (Å²) in [4.78, 5) is 1.51. The van der Waals surface area contributed by atoms with Gasteiger partial charge in [0.25, 0.3) is 0 Å². The van der Waals surface area contributed by atoms with Crippen LogP contribution in [0, 0.1) is 20.8 Å². The first-order valence-electron chi connectivity index (χ1n) is 5.06. The van der Waals surface area contributed by atoms with Crippen molar-refractivity contribution in [3.8, 4) is 0 Å². The molecule has 0 radical (unpaired) electrons. The van der Waals surface area contributed by atoms with Crippen molar-refractivity contribution in [1.29, 1.82) is 0 Å². The van der Waals surface area contributed by atoms with Crippen LogP contribution in [0.3, 0.4) is 0 Å². The Balaban J connectivity index is 3.09. The summed E-state index contributed by atoms with van der Waals surface area (Å²) >= 11 is 2.10. The number of aryl methyl sites for hydroxylation is 3. The van der Waals surface area contributed by atoms with Crippen molar-refractivity contribution in [2.24, 2.45) is 0 Å². The zero-order chi connectivity index (χ0) is 10.9. The molecule has 1 aromatic rings. The van der Waals surface area contributed by atoms with Crippen molar-refractivity contribution in [3.05, 3.63) is 28.8 Å². The van der Waals surface area contributed by atoms with E-state index in [2.05, 4.69) is 63.8 Å². The minimum absolute atomic E-state index is 1.06. The van der Waals surface area contributed by atoms with Crippen molar-refractivity contribution in [1.82, 2.24) is 0 Å². The Bertz CT molecular complexity index is 314. The second-order valence-corrected chi connectivity index (χ2v) is 14.1. The molecule has 0 heterocycles. The zero-order valence-electron chi connectivity index (χ0n) is 10.1. The smallest absolute Gasteiger partial charge is 0.114 e. The van der Waals surface area contributed by atoms with Gasteiger partial charge in [-0.05, 0) is 31.9 Å². The number of rotatable bonds is 2. The molecule has 0 saturated carbocycles. The predicted molar refractivity (Wildman–Crippen MR) is 69.9 cm³/mol. The third-order valence-electron chi connectivity index (χ3n) is 2.01. The maximum atomic E-state index is 2.40. The fourth-order valence-corrected chi connectivity index (χ4v) is 5.49. The lowest BCUT2D eigenvalue weighted by molar-refractivity contribution is 1.19. The molecule has 1 aromatic carbocycles. The molecule has 0 fully saturated rings. The molecule has 14 heavy (non-hydrogen) atoms. The quantitative estimate of drug-likeness (QED) is 0.665. The van der Waals surface area contributed by atoms with Crippen LogP contribution in [0.25, 0.3) is 0 Å². The highest BCUT2D eigenvalue weighted by molar-refractivity contribution is 8.28. The third-order valence-corrected chi connectivity index (χ3v) is 5.92. The van der Waals surface area contributed by atoms with E-state index in [0.717, 1.165) is 0 Å². The zero-order valence-corrected chi connectivity index (χ0v) is 11.9. The monoisotopic (exact) mass is 224 g/mol. The lowest BCUT2D eigenvalue weighted by atomic mass is 10.1. The molecule has 0 N–H and O–H groups in total. The summed E-state index contributed by atoms with van der Waals surface area (Å²) < 4.78 is 0. The summed E-state index contributed by atoms with van der Waals surface area (Å²) in [5, 5.41) is 0. The first-order valence-corrected chi connectivity index (χ1v) is 10.1. The molecule has 0 aromatic heterocycles. The van der Waals surface area contributed by atoms with E-state index in [4.69, 9.17) is 0 Å². The summed E-state index contributed by atoms with van der Waals surface area (Å²) in [5.74, 6) is 0. The Morgan fingerprint density at radius 3 is 1.71 bits per heavy atom. The van der Waals surface area contributed by atoms with Crippen molar-refractivity contribution in [3.63, 3.8) is 0 Å². The molecule has 0 aliphatic rings. The van der Waals surface area contributed by atoms with Crippen LogP contribution in [-0.4, -0.2) is 7.22 Å². The Morgan fingerprint density at radius 2 is 1.36 bits per heavy atom. The average Bonchev–Trinajstić information content (AvgIpc) is 1.95. The minimum Gasteiger partial charge on any atom is -0.151 e. The van der Waals surface area contributed by atoms with Crippen LogP contribution in [0.15, 0.2) is 17.0 Å². The first kappa shape index (κ1) is 11.9. The van der Waals surface area contributed by atoms with E-state index in [1.54, 1.807) is 0 Å². The van der Waals surface area contributed by atoms with Crippen molar-refractivity contribution in [2.75, 3.05) is 0 Å². The molecule has 0 aliphatic heterocycles. The van der Waals surface area contributed by atoms with Crippen LogP contribution in [0.2, 0.25) is 19.6 Å². The van der Waals surface area contributed by atoms with Gasteiger partial charge >= 0.3 is 0 Å². The van der Waals surface area contributed by atoms with Gasteiger partial charge in [-0.3, -0.25) is 0 Å². The van der Waals surface area contributed by atoms with Gasteiger partial charge in [-0.2, -0.15) is 11.2 Å². The largest absolute Gasteiger partial charge is 0.151 e. The van der Waals surface area contributed by atoms with E-state index in [1.807, 2.05) is 0 Å². The molecule has 0 bridgehead atoms. The SMILES string of the molecule is Cc1cc(C)c(S[Si](C)(C)C)c(C)c1. The van der Waals surface area contributed by atoms with E-state index >= 15 is 0 Å². The van der Waals surface area contributed by atoms with Crippen LogP contribution < -0.4 is 0 Å². The van der Waals surface area contributed by atoms with Crippen LogP contribution >= 0.6 is 11.2 Å². The maximum Gasteiger partial charge on any atom is 0.114 e. The van der Waals surface area contributed by atoms with Crippen LogP contribution in [0.4, 0.5) is 0 Å². The van der Waals surface area contributed by atoms with Crippen molar-refractivity contribution >= 4 is 18.4 Å². The van der Waals surface area contributed by atoms with Crippen LogP contribution in [0.1, 0.15) is 16.7 Å². The van der Waals surface area contributed by atoms with E-state index < -0.39 is 7.22 Å². The molecule has 78 valence electrons. The molecular formula is C12H20SSi. The van der Waals surface area contributed by atoms with E-state index in [1.165, 1.54) is 21.6 Å². The van der Waals surface area contributed by atoms with Crippen LogP contribution in [0.5, 0.6) is 0 Å². The van der Waals surface area contributed by atoms with E-state index in [9.17, 15) is 0 Å².